The molecule has 4 aromatic rings. The molecule has 0 aliphatic carbocycles. The fraction of sp³-hybridized carbons (Fsp3) is 0.320. The number of aromatic amines is 1. The highest BCUT2D eigenvalue weighted by Crippen LogP contribution is 2.27. The number of carbonyl (C=O) groups excluding carboxylic acids is 1. The number of rotatable bonds is 9. The molecule has 4 heterocycles. The lowest BCUT2D eigenvalue weighted by atomic mass is 9.96. The molecule has 1 amide bonds. The predicted octanol–water partition coefficient (Wildman–Crippen LogP) is 3.74. The number of fused-ring (bicyclic) bond motifs is 1. The van der Waals surface area contributed by atoms with Crippen LogP contribution in [0.2, 0.25) is 0 Å². The van der Waals surface area contributed by atoms with Crippen molar-refractivity contribution in [2.75, 3.05) is 5.32 Å². The monoisotopic (exact) mass is 441 g/mol. The molecule has 1 aliphatic rings. The van der Waals surface area contributed by atoms with Gasteiger partial charge in [0.1, 0.15) is 11.3 Å². The first kappa shape index (κ1) is 21.2. The topological polar surface area (TPSA) is 118 Å². The summed E-state index contributed by atoms with van der Waals surface area (Å²) in [5.41, 5.74) is 4.06. The number of nitrogens with one attached hydrogen (secondary N) is 3. The second-order valence-corrected chi connectivity index (χ2v) is 8.69. The molecule has 8 nitrogen and oxygen atoms in total. The normalized spacial score (nSPS) is 18.2. The van der Waals surface area contributed by atoms with Crippen molar-refractivity contribution in [1.82, 2.24) is 30.5 Å². The second-order valence-electron chi connectivity index (χ2n) is 8.69. The van der Waals surface area contributed by atoms with Gasteiger partial charge in [-0.1, -0.05) is 37.3 Å². The van der Waals surface area contributed by atoms with Crippen molar-refractivity contribution in [2.45, 2.75) is 44.7 Å². The summed E-state index contributed by atoms with van der Waals surface area (Å²) >= 11 is 0. The van der Waals surface area contributed by atoms with Crippen LogP contribution in [0.4, 0.5) is 5.82 Å². The SMILES string of the molecule is C[C@H](CCCc1ccccc1)C1NC1CC(=O)Nc1ccc2ncc(-c3cn[nH]c3)nc2n1. The van der Waals surface area contributed by atoms with E-state index >= 15 is 0 Å². The first-order chi connectivity index (χ1) is 16.2. The molecule has 168 valence electrons. The molecule has 33 heavy (non-hydrogen) atoms. The van der Waals surface area contributed by atoms with Gasteiger partial charge in [-0.15, -0.1) is 0 Å². The maximum atomic E-state index is 12.6. The lowest BCUT2D eigenvalue weighted by molar-refractivity contribution is -0.116. The Morgan fingerprint density at radius 3 is 2.82 bits per heavy atom. The van der Waals surface area contributed by atoms with E-state index in [0.29, 0.717) is 41.1 Å². The molecule has 0 spiro atoms. The molecule has 8 heteroatoms. The summed E-state index contributed by atoms with van der Waals surface area (Å²) in [5.74, 6) is 0.985. The van der Waals surface area contributed by atoms with Crippen LogP contribution < -0.4 is 10.6 Å². The maximum absolute atomic E-state index is 12.6. The molecule has 0 bridgehead atoms. The number of H-pyrrole nitrogens is 1. The summed E-state index contributed by atoms with van der Waals surface area (Å²) in [7, 11) is 0. The van der Waals surface area contributed by atoms with Crippen molar-refractivity contribution in [3.63, 3.8) is 0 Å². The van der Waals surface area contributed by atoms with Crippen LogP contribution in [0.5, 0.6) is 0 Å². The van der Waals surface area contributed by atoms with E-state index in [1.165, 1.54) is 5.56 Å². The van der Waals surface area contributed by atoms with Crippen molar-refractivity contribution in [3.05, 3.63) is 66.6 Å². The van der Waals surface area contributed by atoms with E-state index in [-0.39, 0.29) is 11.9 Å². The van der Waals surface area contributed by atoms with Crippen LogP contribution in [0.15, 0.2) is 61.1 Å². The Bertz CT molecular complexity index is 1230. The number of hydrogen-bond donors (Lipinski definition) is 3. The number of benzene rings is 1. The summed E-state index contributed by atoms with van der Waals surface area (Å²) in [6.45, 7) is 2.27. The molecule has 1 fully saturated rings. The minimum atomic E-state index is -0.0442. The number of hydrogen-bond acceptors (Lipinski definition) is 6. The van der Waals surface area contributed by atoms with Gasteiger partial charge in [0.05, 0.1) is 18.1 Å². The van der Waals surface area contributed by atoms with Gasteiger partial charge in [-0.2, -0.15) is 5.10 Å². The average Bonchev–Trinajstić information content (AvgIpc) is 3.37. The van der Waals surface area contributed by atoms with Crippen LogP contribution in [0.25, 0.3) is 22.4 Å². The molecule has 0 saturated carbocycles. The summed E-state index contributed by atoms with van der Waals surface area (Å²) in [6, 6.07) is 14.8. The number of pyridine rings is 1. The van der Waals surface area contributed by atoms with Crippen molar-refractivity contribution >= 4 is 22.9 Å². The lowest BCUT2D eigenvalue weighted by Crippen LogP contribution is -2.17. The van der Waals surface area contributed by atoms with Crippen molar-refractivity contribution in [2.24, 2.45) is 5.92 Å². The molecule has 3 atom stereocenters. The number of aromatic nitrogens is 5. The Morgan fingerprint density at radius 1 is 1.12 bits per heavy atom. The summed E-state index contributed by atoms with van der Waals surface area (Å²) in [4.78, 5) is 26.0. The summed E-state index contributed by atoms with van der Waals surface area (Å²) < 4.78 is 0. The van der Waals surface area contributed by atoms with E-state index in [4.69, 9.17) is 0 Å². The minimum absolute atomic E-state index is 0.0442. The third kappa shape index (κ3) is 5.23. The highest BCUT2D eigenvalue weighted by molar-refractivity contribution is 5.91. The standard InChI is InChI=1S/C25H27N7O/c1-16(6-5-9-17-7-3-2-4-8-17)24-20(29-24)12-23(33)31-22-11-10-19-25(32-22)30-21(15-26-19)18-13-27-28-14-18/h2-4,7-8,10-11,13-16,20,24,29H,5-6,9,12H2,1H3,(H,27,28)(H,30,31,32,33)/t16-,20?,24?/m1/s1. The average molecular weight is 442 g/mol. The smallest absolute Gasteiger partial charge is 0.227 e. The first-order valence-corrected chi connectivity index (χ1v) is 11.4. The van der Waals surface area contributed by atoms with Crippen molar-refractivity contribution in [1.29, 1.82) is 0 Å². The number of carbonyl (C=O) groups is 1. The van der Waals surface area contributed by atoms with Gasteiger partial charge >= 0.3 is 0 Å². The van der Waals surface area contributed by atoms with Crippen LogP contribution >= 0.6 is 0 Å². The van der Waals surface area contributed by atoms with Gasteiger partial charge < -0.3 is 10.6 Å². The zero-order chi connectivity index (χ0) is 22.6. The van der Waals surface area contributed by atoms with Crippen LogP contribution in [-0.4, -0.2) is 43.1 Å². The number of nitrogens with zero attached hydrogens (tertiary/aromatic N) is 4. The third-order valence-corrected chi connectivity index (χ3v) is 6.19. The third-order valence-electron chi connectivity index (χ3n) is 6.19. The fourth-order valence-electron chi connectivity index (χ4n) is 4.28. The quantitative estimate of drug-likeness (QED) is 0.341. The molecular formula is C25H27N7O. The maximum Gasteiger partial charge on any atom is 0.227 e. The molecule has 5 rings (SSSR count). The zero-order valence-corrected chi connectivity index (χ0v) is 18.5. The van der Waals surface area contributed by atoms with Gasteiger partial charge in [0.25, 0.3) is 0 Å². The van der Waals surface area contributed by atoms with E-state index in [1.807, 2.05) is 6.07 Å². The van der Waals surface area contributed by atoms with E-state index in [2.05, 4.69) is 73.0 Å². The first-order valence-electron chi connectivity index (χ1n) is 11.4. The van der Waals surface area contributed by atoms with Gasteiger partial charge in [0.15, 0.2) is 5.65 Å². The molecule has 3 N–H and O–H groups in total. The van der Waals surface area contributed by atoms with Gasteiger partial charge in [0.2, 0.25) is 5.91 Å². The van der Waals surface area contributed by atoms with Crippen molar-refractivity contribution in [3.8, 4) is 11.3 Å². The van der Waals surface area contributed by atoms with E-state index in [9.17, 15) is 4.79 Å². The Kier molecular flexibility index (Phi) is 6.08. The molecular weight excluding hydrogens is 414 g/mol. The largest absolute Gasteiger partial charge is 0.311 e. The number of aryl methyl sites for hydroxylation is 1. The van der Waals surface area contributed by atoms with E-state index < -0.39 is 0 Å². The van der Waals surface area contributed by atoms with Gasteiger partial charge in [-0.25, -0.2) is 9.97 Å². The lowest BCUT2D eigenvalue weighted by Gasteiger charge is -2.10. The second kappa shape index (κ2) is 9.46. The summed E-state index contributed by atoms with van der Waals surface area (Å²) in [6.07, 6.45) is 8.97. The zero-order valence-electron chi connectivity index (χ0n) is 18.5. The predicted molar refractivity (Wildman–Crippen MR) is 127 cm³/mol. The Hall–Kier alpha value is -3.65. The van der Waals surface area contributed by atoms with Crippen LogP contribution in [0, 0.1) is 5.92 Å². The molecule has 0 radical (unpaired) electrons. The number of anilines is 1. The molecule has 1 saturated heterocycles. The highest BCUT2D eigenvalue weighted by atomic mass is 16.1. The highest BCUT2D eigenvalue weighted by Gasteiger charge is 2.40. The van der Waals surface area contributed by atoms with Gasteiger partial charge in [-0.05, 0) is 42.9 Å². The minimum Gasteiger partial charge on any atom is -0.311 e. The van der Waals surface area contributed by atoms with E-state index in [0.717, 1.165) is 24.8 Å². The Balaban J connectivity index is 1.12. The number of amides is 1. The van der Waals surface area contributed by atoms with Crippen LogP contribution in [0.3, 0.4) is 0 Å². The Labute approximate surface area is 192 Å². The van der Waals surface area contributed by atoms with Crippen LogP contribution in [-0.2, 0) is 11.2 Å². The molecule has 1 aliphatic heterocycles. The van der Waals surface area contributed by atoms with Gasteiger partial charge in [-0.3, -0.25) is 14.9 Å². The fourth-order valence-corrected chi connectivity index (χ4v) is 4.28. The van der Waals surface area contributed by atoms with Gasteiger partial charge in [0, 0.05) is 30.3 Å². The summed E-state index contributed by atoms with van der Waals surface area (Å²) in [5, 5.41) is 13.1. The van der Waals surface area contributed by atoms with Crippen LogP contribution in [0.1, 0.15) is 31.7 Å². The van der Waals surface area contributed by atoms with E-state index in [1.54, 1.807) is 24.7 Å². The molecule has 3 aromatic heterocycles. The molecule has 2 unspecified atom stereocenters. The molecule has 1 aromatic carbocycles. The Morgan fingerprint density at radius 2 is 2.00 bits per heavy atom. The van der Waals surface area contributed by atoms with Crippen molar-refractivity contribution < 1.29 is 4.79 Å².